The summed E-state index contributed by atoms with van der Waals surface area (Å²) in [4.78, 5) is 0. The number of hydrogen-bond donors (Lipinski definition) is 1. The number of benzene rings is 2. The molecular weight excluding hydrogens is 310 g/mol. The molecule has 1 N–H and O–H groups in total. The van der Waals surface area contributed by atoms with Gasteiger partial charge in [-0.3, -0.25) is 0 Å². The number of fused-ring (bicyclic) bond motifs is 1. The number of hydrogen-bond acceptors (Lipinski definition) is 3. The first kappa shape index (κ1) is 15.9. The molecule has 120 valence electrons. The van der Waals surface area contributed by atoms with E-state index in [0.717, 1.165) is 22.3 Å². The molecule has 3 aromatic rings. The van der Waals surface area contributed by atoms with Crippen molar-refractivity contribution in [2.75, 3.05) is 6.54 Å². The number of aryl methyl sites for hydroxylation is 1. The molecule has 0 saturated heterocycles. The molecule has 0 fully saturated rings. The van der Waals surface area contributed by atoms with Crippen molar-refractivity contribution in [1.29, 1.82) is 0 Å². The molecule has 0 radical (unpaired) electrons. The van der Waals surface area contributed by atoms with Gasteiger partial charge < -0.3 is 14.5 Å². The van der Waals surface area contributed by atoms with E-state index in [1.165, 1.54) is 0 Å². The molecular formula is C19H20ClNO2. The predicted octanol–water partition coefficient (Wildman–Crippen LogP) is 4.95. The normalized spacial score (nSPS) is 12.5. The maximum Gasteiger partial charge on any atom is 0.139 e. The van der Waals surface area contributed by atoms with Gasteiger partial charge in [-0.05, 0) is 37.4 Å². The molecule has 4 heteroatoms. The Morgan fingerprint density at radius 3 is 2.74 bits per heavy atom. The Labute approximate surface area is 141 Å². The summed E-state index contributed by atoms with van der Waals surface area (Å²) in [5, 5.41) is 6.12. The summed E-state index contributed by atoms with van der Waals surface area (Å²) in [6.45, 7) is 5.36. The van der Waals surface area contributed by atoms with Crippen LogP contribution in [-0.2, 0) is 6.54 Å². The first-order chi connectivity index (χ1) is 11.1. The quantitative estimate of drug-likeness (QED) is 0.694. The van der Waals surface area contributed by atoms with Crippen LogP contribution >= 0.6 is 11.6 Å². The van der Waals surface area contributed by atoms with E-state index in [1.807, 2.05) is 62.4 Å². The van der Waals surface area contributed by atoms with Gasteiger partial charge in [-0.25, -0.2) is 0 Å². The summed E-state index contributed by atoms with van der Waals surface area (Å²) in [5.41, 5.74) is 0. The van der Waals surface area contributed by atoms with Gasteiger partial charge in [-0.2, -0.15) is 0 Å². The average molecular weight is 330 g/mol. The summed E-state index contributed by atoms with van der Waals surface area (Å²) in [6.07, 6.45) is 0.00437. The van der Waals surface area contributed by atoms with Crippen LogP contribution in [0.1, 0.15) is 18.4 Å². The van der Waals surface area contributed by atoms with Crippen molar-refractivity contribution in [3.63, 3.8) is 0 Å². The Balaban J connectivity index is 1.59. The number of furan rings is 1. The fourth-order valence-electron chi connectivity index (χ4n) is 2.54. The Morgan fingerprint density at radius 1 is 1.13 bits per heavy atom. The van der Waals surface area contributed by atoms with Crippen LogP contribution in [0, 0.1) is 6.92 Å². The molecule has 1 aromatic heterocycles. The van der Waals surface area contributed by atoms with E-state index in [2.05, 4.69) is 5.32 Å². The molecule has 0 aliphatic carbocycles. The molecule has 1 heterocycles. The second-order valence-electron chi connectivity index (χ2n) is 5.67. The Kier molecular flexibility index (Phi) is 4.89. The van der Waals surface area contributed by atoms with E-state index in [-0.39, 0.29) is 6.10 Å². The summed E-state index contributed by atoms with van der Waals surface area (Å²) in [7, 11) is 0. The van der Waals surface area contributed by atoms with Gasteiger partial charge >= 0.3 is 0 Å². The van der Waals surface area contributed by atoms with Gasteiger partial charge in [0, 0.05) is 11.9 Å². The molecule has 1 unspecified atom stereocenters. The monoisotopic (exact) mass is 329 g/mol. The molecule has 23 heavy (non-hydrogen) atoms. The third kappa shape index (κ3) is 3.87. The smallest absolute Gasteiger partial charge is 0.139 e. The maximum atomic E-state index is 6.46. The minimum Gasteiger partial charge on any atom is -0.488 e. The van der Waals surface area contributed by atoms with Crippen molar-refractivity contribution in [3.05, 3.63) is 65.1 Å². The molecule has 0 saturated carbocycles. The van der Waals surface area contributed by atoms with Gasteiger partial charge in [0.2, 0.25) is 0 Å². The molecule has 2 aromatic carbocycles. The molecule has 0 spiro atoms. The van der Waals surface area contributed by atoms with Gasteiger partial charge in [-0.1, -0.05) is 41.9 Å². The van der Waals surface area contributed by atoms with Gasteiger partial charge in [0.15, 0.2) is 0 Å². The number of nitrogens with one attached hydrogen (secondary N) is 1. The number of halogens is 1. The Morgan fingerprint density at radius 2 is 1.96 bits per heavy atom. The van der Waals surface area contributed by atoms with E-state index >= 15 is 0 Å². The molecule has 0 aliphatic rings. The van der Waals surface area contributed by atoms with Crippen molar-refractivity contribution < 1.29 is 9.15 Å². The van der Waals surface area contributed by atoms with Crippen molar-refractivity contribution in [3.8, 4) is 5.75 Å². The second-order valence-corrected chi connectivity index (χ2v) is 6.05. The van der Waals surface area contributed by atoms with Crippen LogP contribution in [-0.4, -0.2) is 12.6 Å². The second kappa shape index (κ2) is 7.07. The zero-order valence-electron chi connectivity index (χ0n) is 13.3. The fourth-order valence-corrected chi connectivity index (χ4v) is 2.82. The standard InChI is InChI=1S/C19H20ClNO2/c1-13-7-9-16(22-13)12-21-11-14(2)23-18-10-8-15-5-3-4-6-17(15)19(18)20/h3-10,14,21H,11-12H2,1-2H3. The minimum atomic E-state index is 0.00437. The fraction of sp³-hybridized carbons (Fsp3) is 0.263. The van der Waals surface area contributed by atoms with Gasteiger partial charge in [0.05, 0.1) is 11.6 Å². The highest BCUT2D eigenvalue weighted by atomic mass is 35.5. The van der Waals surface area contributed by atoms with Crippen molar-refractivity contribution in [1.82, 2.24) is 5.32 Å². The molecule has 1 atom stereocenters. The zero-order chi connectivity index (χ0) is 16.2. The third-order valence-electron chi connectivity index (χ3n) is 3.68. The van der Waals surface area contributed by atoms with E-state index in [0.29, 0.717) is 23.9 Å². The maximum absolute atomic E-state index is 6.46. The van der Waals surface area contributed by atoms with Crippen LogP contribution in [0.2, 0.25) is 5.02 Å². The van der Waals surface area contributed by atoms with Crippen LogP contribution in [0.15, 0.2) is 52.9 Å². The molecule has 0 bridgehead atoms. The Hall–Kier alpha value is -1.97. The zero-order valence-corrected chi connectivity index (χ0v) is 14.1. The topological polar surface area (TPSA) is 34.4 Å². The highest BCUT2D eigenvalue weighted by molar-refractivity contribution is 6.37. The highest BCUT2D eigenvalue weighted by Gasteiger charge is 2.10. The van der Waals surface area contributed by atoms with Crippen LogP contribution in [0.5, 0.6) is 5.75 Å². The lowest BCUT2D eigenvalue weighted by Crippen LogP contribution is -2.28. The number of rotatable bonds is 6. The molecule has 0 amide bonds. The van der Waals surface area contributed by atoms with E-state index in [9.17, 15) is 0 Å². The summed E-state index contributed by atoms with van der Waals surface area (Å²) >= 11 is 6.46. The summed E-state index contributed by atoms with van der Waals surface area (Å²) < 4.78 is 11.5. The SMILES string of the molecule is Cc1ccc(CNCC(C)Oc2ccc3ccccc3c2Cl)o1. The van der Waals surface area contributed by atoms with Crippen LogP contribution < -0.4 is 10.1 Å². The van der Waals surface area contributed by atoms with Crippen molar-refractivity contribution in [2.45, 2.75) is 26.5 Å². The van der Waals surface area contributed by atoms with Gasteiger partial charge in [-0.15, -0.1) is 0 Å². The van der Waals surface area contributed by atoms with Crippen LogP contribution in [0.3, 0.4) is 0 Å². The molecule has 3 nitrogen and oxygen atoms in total. The summed E-state index contributed by atoms with van der Waals surface area (Å²) in [6, 6.07) is 15.9. The predicted molar refractivity (Wildman–Crippen MR) is 94.2 cm³/mol. The largest absolute Gasteiger partial charge is 0.488 e. The summed E-state index contributed by atoms with van der Waals surface area (Å²) in [5.74, 6) is 2.57. The third-order valence-corrected chi connectivity index (χ3v) is 4.07. The lowest BCUT2D eigenvalue weighted by Gasteiger charge is -2.17. The minimum absolute atomic E-state index is 0.00437. The van der Waals surface area contributed by atoms with E-state index in [4.69, 9.17) is 20.8 Å². The van der Waals surface area contributed by atoms with Gasteiger partial charge in [0.1, 0.15) is 23.4 Å². The van der Waals surface area contributed by atoms with E-state index in [1.54, 1.807) is 0 Å². The van der Waals surface area contributed by atoms with Crippen LogP contribution in [0.25, 0.3) is 10.8 Å². The lowest BCUT2D eigenvalue weighted by atomic mass is 10.1. The highest BCUT2D eigenvalue weighted by Crippen LogP contribution is 2.33. The van der Waals surface area contributed by atoms with Crippen molar-refractivity contribution in [2.24, 2.45) is 0 Å². The van der Waals surface area contributed by atoms with Crippen LogP contribution in [0.4, 0.5) is 0 Å². The lowest BCUT2D eigenvalue weighted by molar-refractivity contribution is 0.216. The average Bonchev–Trinajstić information content (AvgIpc) is 2.96. The first-order valence-electron chi connectivity index (χ1n) is 7.73. The van der Waals surface area contributed by atoms with Gasteiger partial charge in [0.25, 0.3) is 0 Å². The molecule has 3 rings (SSSR count). The van der Waals surface area contributed by atoms with Crippen molar-refractivity contribution >= 4 is 22.4 Å². The molecule has 0 aliphatic heterocycles. The first-order valence-corrected chi connectivity index (χ1v) is 8.11. The number of ether oxygens (including phenoxy) is 1. The Bertz CT molecular complexity index is 797. The van der Waals surface area contributed by atoms with E-state index < -0.39 is 0 Å².